The van der Waals surface area contributed by atoms with E-state index in [0.29, 0.717) is 11.4 Å². The number of ether oxygens (including phenoxy) is 1. The maximum absolute atomic E-state index is 12.6. The minimum absolute atomic E-state index is 0.138. The smallest absolute Gasteiger partial charge is 0.273 e. The van der Waals surface area contributed by atoms with Gasteiger partial charge >= 0.3 is 0 Å². The number of nitrogens with zero attached hydrogens (tertiary/aromatic N) is 1. The highest BCUT2D eigenvalue weighted by atomic mass is 32.2. The van der Waals surface area contributed by atoms with E-state index in [1.807, 2.05) is 31.2 Å². The number of rotatable bonds is 8. The van der Waals surface area contributed by atoms with Crippen molar-refractivity contribution in [2.45, 2.75) is 17.6 Å². The number of thiophene rings is 1. The number of aryl methyl sites for hydroxylation is 1. The molecule has 8 heteroatoms. The van der Waals surface area contributed by atoms with E-state index in [-0.39, 0.29) is 16.7 Å². The molecule has 29 heavy (non-hydrogen) atoms. The summed E-state index contributed by atoms with van der Waals surface area (Å²) in [5.74, 6) is 0.224. The fraction of sp³-hybridized carbons (Fsp3) is 0.190. The van der Waals surface area contributed by atoms with Crippen molar-refractivity contribution >= 4 is 38.6 Å². The average molecular weight is 431 g/mol. The number of nitrogens with one attached hydrogen (secondary N) is 1. The van der Waals surface area contributed by atoms with Crippen LogP contribution in [0.2, 0.25) is 0 Å². The van der Waals surface area contributed by atoms with Gasteiger partial charge in [0.1, 0.15) is 9.96 Å². The minimum Gasteiger partial charge on any atom is -0.484 e. The summed E-state index contributed by atoms with van der Waals surface area (Å²) >= 11 is 1.17. The van der Waals surface area contributed by atoms with Gasteiger partial charge in [-0.3, -0.25) is 9.10 Å². The van der Waals surface area contributed by atoms with Gasteiger partial charge in [-0.05, 0) is 53.8 Å². The molecule has 3 rings (SSSR count). The van der Waals surface area contributed by atoms with Gasteiger partial charge in [-0.2, -0.15) is 0 Å². The lowest BCUT2D eigenvalue weighted by Crippen LogP contribution is -2.25. The fourth-order valence-corrected chi connectivity index (χ4v) is 5.08. The number of carbonyl (C=O) groups is 1. The van der Waals surface area contributed by atoms with Gasteiger partial charge in [0, 0.05) is 12.7 Å². The Morgan fingerprint density at radius 2 is 1.79 bits per heavy atom. The first kappa shape index (κ1) is 20.9. The van der Waals surface area contributed by atoms with Crippen molar-refractivity contribution < 1.29 is 17.9 Å². The number of hydrogen-bond donors (Lipinski definition) is 1. The number of hydrogen-bond acceptors (Lipinski definition) is 5. The molecule has 0 aliphatic carbocycles. The maximum Gasteiger partial charge on any atom is 0.273 e. The van der Waals surface area contributed by atoms with Gasteiger partial charge in [-0.25, -0.2) is 8.42 Å². The van der Waals surface area contributed by atoms with Gasteiger partial charge < -0.3 is 10.1 Å². The Hall–Kier alpha value is -2.84. The third-order valence-electron chi connectivity index (χ3n) is 4.35. The van der Waals surface area contributed by atoms with Crippen LogP contribution < -0.4 is 14.4 Å². The number of benzene rings is 2. The normalized spacial score (nSPS) is 11.1. The zero-order valence-electron chi connectivity index (χ0n) is 16.2. The van der Waals surface area contributed by atoms with Crippen LogP contribution in [0.4, 0.5) is 11.4 Å². The van der Waals surface area contributed by atoms with Gasteiger partial charge in [-0.15, -0.1) is 11.3 Å². The Balaban J connectivity index is 1.60. The van der Waals surface area contributed by atoms with E-state index in [4.69, 9.17) is 4.74 Å². The van der Waals surface area contributed by atoms with Crippen LogP contribution in [0.3, 0.4) is 0 Å². The summed E-state index contributed by atoms with van der Waals surface area (Å²) in [7, 11) is -2.08. The van der Waals surface area contributed by atoms with E-state index in [1.54, 1.807) is 41.8 Å². The van der Waals surface area contributed by atoms with Crippen molar-refractivity contribution in [2.75, 3.05) is 23.3 Å². The van der Waals surface area contributed by atoms with Crippen LogP contribution in [-0.4, -0.2) is 28.0 Å². The summed E-state index contributed by atoms with van der Waals surface area (Å²) < 4.78 is 32.2. The van der Waals surface area contributed by atoms with Gasteiger partial charge in [0.25, 0.3) is 15.9 Å². The second kappa shape index (κ2) is 9.11. The van der Waals surface area contributed by atoms with Crippen molar-refractivity contribution in [1.29, 1.82) is 0 Å². The van der Waals surface area contributed by atoms with Crippen LogP contribution in [-0.2, 0) is 21.2 Å². The lowest BCUT2D eigenvalue weighted by Gasteiger charge is -2.18. The number of sulfonamides is 1. The van der Waals surface area contributed by atoms with Crippen molar-refractivity contribution in [3.05, 3.63) is 71.6 Å². The molecule has 152 valence electrons. The molecular formula is C21H22N2O4S2. The monoisotopic (exact) mass is 430 g/mol. The van der Waals surface area contributed by atoms with Crippen LogP contribution in [0.1, 0.15) is 12.5 Å². The Morgan fingerprint density at radius 3 is 2.45 bits per heavy atom. The Morgan fingerprint density at radius 1 is 1.07 bits per heavy atom. The molecule has 0 radical (unpaired) electrons. The summed E-state index contributed by atoms with van der Waals surface area (Å²) in [4.78, 5) is 12.2. The highest BCUT2D eigenvalue weighted by molar-refractivity contribution is 7.94. The van der Waals surface area contributed by atoms with E-state index in [0.717, 1.165) is 17.7 Å². The van der Waals surface area contributed by atoms with Gasteiger partial charge in [0.15, 0.2) is 6.61 Å². The van der Waals surface area contributed by atoms with E-state index >= 15 is 0 Å². The summed E-state index contributed by atoms with van der Waals surface area (Å²) in [6.45, 7) is 1.89. The Kier molecular flexibility index (Phi) is 6.56. The second-order valence-corrected chi connectivity index (χ2v) is 9.39. The highest BCUT2D eigenvalue weighted by Crippen LogP contribution is 2.26. The molecular weight excluding hydrogens is 408 g/mol. The molecule has 1 amide bonds. The number of amides is 1. The molecule has 1 heterocycles. The van der Waals surface area contributed by atoms with Gasteiger partial charge in [-0.1, -0.05) is 31.2 Å². The van der Waals surface area contributed by atoms with Crippen LogP contribution in [0.15, 0.2) is 70.3 Å². The lowest BCUT2D eigenvalue weighted by molar-refractivity contribution is -0.118. The molecule has 0 unspecified atom stereocenters. The van der Waals surface area contributed by atoms with E-state index in [2.05, 4.69) is 5.32 Å². The molecule has 3 aromatic rings. The summed E-state index contributed by atoms with van der Waals surface area (Å²) in [5.41, 5.74) is 2.34. The van der Waals surface area contributed by atoms with Gasteiger partial charge in [0.2, 0.25) is 0 Å². The molecule has 0 aliphatic heterocycles. The number of carbonyl (C=O) groups excluding carboxylic acids is 1. The van der Waals surface area contributed by atoms with E-state index in [9.17, 15) is 13.2 Å². The maximum atomic E-state index is 12.6. The van der Waals surface area contributed by atoms with Crippen molar-refractivity contribution in [2.24, 2.45) is 0 Å². The predicted octanol–water partition coefficient (Wildman–Crippen LogP) is 4.15. The quantitative estimate of drug-likeness (QED) is 0.582. The molecule has 6 nitrogen and oxygen atoms in total. The zero-order valence-corrected chi connectivity index (χ0v) is 17.8. The minimum atomic E-state index is -3.58. The molecule has 1 aromatic heterocycles. The van der Waals surface area contributed by atoms with Crippen LogP contribution in [0, 0.1) is 0 Å². The zero-order chi connectivity index (χ0) is 20.9. The van der Waals surface area contributed by atoms with Crippen LogP contribution >= 0.6 is 11.3 Å². The first-order chi connectivity index (χ1) is 13.9. The number of para-hydroxylation sites is 1. The average Bonchev–Trinajstić information content (AvgIpc) is 3.28. The van der Waals surface area contributed by atoms with E-state index in [1.165, 1.54) is 22.7 Å². The molecule has 0 fully saturated rings. The molecule has 0 atom stereocenters. The largest absolute Gasteiger partial charge is 0.484 e. The van der Waals surface area contributed by atoms with Crippen LogP contribution in [0.25, 0.3) is 0 Å². The fourth-order valence-electron chi connectivity index (χ4n) is 2.72. The first-order valence-electron chi connectivity index (χ1n) is 9.05. The predicted molar refractivity (Wildman–Crippen MR) is 116 cm³/mol. The van der Waals surface area contributed by atoms with Crippen molar-refractivity contribution in [3.63, 3.8) is 0 Å². The van der Waals surface area contributed by atoms with Crippen LogP contribution in [0.5, 0.6) is 5.75 Å². The molecule has 0 aliphatic rings. The van der Waals surface area contributed by atoms with E-state index < -0.39 is 10.0 Å². The molecule has 0 saturated carbocycles. The molecule has 0 spiro atoms. The second-order valence-electron chi connectivity index (χ2n) is 6.25. The highest BCUT2D eigenvalue weighted by Gasteiger charge is 2.22. The topological polar surface area (TPSA) is 75.7 Å². The van der Waals surface area contributed by atoms with Crippen molar-refractivity contribution in [3.8, 4) is 5.75 Å². The van der Waals surface area contributed by atoms with Gasteiger partial charge in [0.05, 0.1) is 5.69 Å². The summed E-state index contributed by atoms with van der Waals surface area (Å²) in [5, 5.41) is 4.57. The molecule has 1 N–H and O–H groups in total. The first-order valence-corrected chi connectivity index (χ1v) is 11.4. The Bertz CT molecular complexity index is 1060. The summed E-state index contributed by atoms with van der Waals surface area (Å²) in [6, 6.07) is 17.5. The lowest BCUT2D eigenvalue weighted by atomic mass is 10.1. The molecule has 0 bridgehead atoms. The third kappa shape index (κ3) is 4.96. The standard InChI is InChI=1S/C21H22N2O4S2/c1-3-16-7-4-5-8-19(16)22-20(24)15-27-18-12-10-17(11-13-18)23(2)29(25,26)21-9-6-14-28-21/h4-14H,3,15H2,1-2H3,(H,22,24). The van der Waals surface area contributed by atoms with Crippen molar-refractivity contribution in [1.82, 2.24) is 0 Å². The third-order valence-corrected chi connectivity index (χ3v) is 7.51. The summed E-state index contributed by atoms with van der Waals surface area (Å²) in [6.07, 6.45) is 0.820. The molecule has 2 aromatic carbocycles. The molecule has 0 saturated heterocycles. The SMILES string of the molecule is CCc1ccccc1NC(=O)COc1ccc(N(C)S(=O)(=O)c2cccs2)cc1. The number of anilines is 2. The Labute approximate surface area is 174 Å².